The molecule has 1 fully saturated rings. The molecule has 2 rings (SSSR count). The lowest BCUT2D eigenvalue weighted by atomic mass is 9.93. The molecular weight excluding hydrogens is 256 g/mol. The topological polar surface area (TPSA) is 15.3 Å². The van der Waals surface area contributed by atoms with Gasteiger partial charge in [0, 0.05) is 17.1 Å². The predicted octanol–water partition coefficient (Wildman–Crippen LogP) is 3.72. The molecule has 1 N–H and O–H groups in total. The van der Waals surface area contributed by atoms with Gasteiger partial charge in [0.05, 0.1) is 0 Å². The van der Waals surface area contributed by atoms with Gasteiger partial charge < -0.3 is 10.2 Å². The van der Waals surface area contributed by atoms with E-state index < -0.39 is 0 Å². The van der Waals surface area contributed by atoms with Crippen molar-refractivity contribution in [2.45, 2.75) is 38.8 Å². The van der Waals surface area contributed by atoms with E-state index in [2.05, 4.69) is 43.2 Å². The molecule has 1 unspecified atom stereocenters. The van der Waals surface area contributed by atoms with Crippen molar-refractivity contribution < 1.29 is 0 Å². The van der Waals surface area contributed by atoms with Crippen molar-refractivity contribution in [3.8, 4) is 0 Å². The Morgan fingerprint density at radius 1 is 1.16 bits per heavy atom. The Morgan fingerprint density at radius 3 is 2.26 bits per heavy atom. The summed E-state index contributed by atoms with van der Waals surface area (Å²) in [7, 11) is 2.20. The third kappa shape index (κ3) is 4.20. The number of halogens is 1. The number of nitrogens with one attached hydrogen (secondary N) is 1. The monoisotopic (exact) mass is 280 g/mol. The summed E-state index contributed by atoms with van der Waals surface area (Å²) in [5.74, 6) is 0.584. The largest absolute Gasteiger partial charge is 0.307 e. The number of likely N-dealkylation sites (tertiary alicyclic amines) is 1. The van der Waals surface area contributed by atoms with E-state index in [0.29, 0.717) is 18.0 Å². The van der Waals surface area contributed by atoms with E-state index in [-0.39, 0.29) is 0 Å². The van der Waals surface area contributed by atoms with Gasteiger partial charge >= 0.3 is 0 Å². The number of nitrogens with zero attached hydrogens (tertiary/aromatic N) is 1. The molecule has 0 amide bonds. The minimum absolute atomic E-state index is 0.422. The summed E-state index contributed by atoms with van der Waals surface area (Å²) in [6.07, 6.45) is 2.49. The second-order valence-electron chi connectivity index (χ2n) is 6.02. The Kier molecular flexibility index (Phi) is 5.26. The first-order valence-corrected chi connectivity index (χ1v) is 7.64. The Balaban J connectivity index is 2.02. The third-order valence-electron chi connectivity index (χ3n) is 4.03. The van der Waals surface area contributed by atoms with E-state index in [9.17, 15) is 0 Å². The first-order chi connectivity index (χ1) is 9.06. The van der Waals surface area contributed by atoms with Crippen LogP contribution in [0, 0.1) is 5.92 Å². The van der Waals surface area contributed by atoms with Crippen LogP contribution in [0.15, 0.2) is 24.3 Å². The molecule has 1 aromatic carbocycles. The second-order valence-corrected chi connectivity index (χ2v) is 6.45. The molecule has 19 heavy (non-hydrogen) atoms. The molecule has 1 aromatic rings. The molecule has 1 aliphatic heterocycles. The molecule has 3 heteroatoms. The minimum atomic E-state index is 0.422. The van der Waals surface area contributed by atoms with E-state index in [1.807, 2.05) is 12.1 Å². The van der Waals surface area contributed by atoms with Gasteiger partial charge in [-0.05, 0) is 56.6 Å². The Bertz CT molecular complexity index is 380. The van der Waals surface area contributed by atoms with Crippen LogP contribution in [0.4, 0.5) is 0 Å². The fourth-order valence-corrected chi connectivity index (χ4v) is 2.90. The quantitative estimate of drug-likeness (QED) is 0.904. The van der Waals surface area contributed by atoms with Crippen LogP contribution in [0.5, 0.6) is 0 Å². The van der Waals surface area contributed by atoms with Crippen molar-refractivity contribution in [3.63, 3.8) is 0 Å². The molecule has 2 nitrogen and oxygen atoms in total. The van der Waals surface area contributed by atoms with Crippen LogP contribution in [-0.4, -0.2) is 31.1 Å². The molecule has 1 aliphatic rings. The van der Waals surface area contributed by atoms with Gasteiger partial charge in [-0.15, -0.1) is 0 Å². The normalized spacial score (nSPS) is 19.8. The number of hydrogen-bond acceptors (Lipinski definition) is 2. The average molecular weight is 281 g/mol. The third-order valence-corrected chi connectivity index (χ3v) is 4.28. The van der Waals surface area contributed by atoms with Gasteiger partial charge in [0.25, 0.3) is 0 Å². The summed E-state index contributed by atoms with van der Waals surface area (Å²) in [6, 6.07) is 9.33. The van der Waals surface area contributed by atoms with E-state index in [4.69, 9.17) is 11.6 Å². The first-order valence-electron chi connectivity index (χ1n) is 7.26. The molecule has 1 heterocycles. The van der Waals surface area contributed by atoms with Gasteiger partial charge in [0.1, 0.15) is 0 Å². The number of rotatable bonds is 4. The number of benzene rings is 1. The highest BCUT2D eigenvalue weighted by atomic mass is 35.5. The number of hydrogen-bond donors (Lipinski definition) is 1. The van der Waals surface area contributed by atoms with Crippen LogP contribution in [0.3, 0.4) is 0 Å². The predicted molar refractivity (Wildman–Crippen MR) is 82.7 cm³/mol. The lowest BCUT2D eigenvalue weighted by Gasteiger charge is -2.34. The average Bonchev–Trinajstić information content (AvgIpc) is 2.39. The van der Waals surface area contributed by atoms with Crippen LogP contribution < -0.4 is 5.32 Å². The van der Waals surface area contributed by atoms with Crippen molar-refractivity contribution >= 4 is 11.6 Å². The molecular formula is C16H25ClN2. The highest BCUT2D eigenvalue weighted by Gasteiger charge is 2.22. The van der Waals surface area contributed by atoms with E-state index >= 15 is 0 Å². The lowest BCUT2D eigenvalue weighted by Crippen LogP contribution is -2.43. The van der Waals surface area contributed by atoms with Crippen LogP contribution in [-0.2, 0) is 0 Å². The van der Waals surface area contributed by atoms with Crippen LogP contribution in [0.1, 0.15) is 38.3 Å². The highest BCUT2D eigenvalue weighted by molar-refractivity contribution is 6.30. The Hall–Kier alpha value is -0.570. The molecule has 1 saturated heterocycles. The van der Waals surface area contributed by atoms with E-state index in [1.54, 1.807) is 0 Å². The summed E-state index contributed by atoms with van der Waals surface area (Å²) in [6.45, 7) is 6.95. The fourth-order valence-electron chi connectivity index (χ4n) is 2.77. The van der Waals surface area contributed by atoms with Crippen LogP contribution >= 0.6 is 11.6 Å². The van der Waals surface area contributed by atoms with Gasteiger partial charge in [0.15, 0.2) is 0 Å². The maximum Gasteiger partial charge on any atom is 0.0406 e. The Labute approximate surface area is 122 Å². The summed E-state index contributed by atoms with van der Waals surface area (Å²) < 4.78 is 0. The van der Waals surface area contributed by atoms with Gasteiger partial charge in [-0.25, -0.2) is 0 Å². The Morgan fingerprint density at radius 2 is 1.74 bits per heavy atom. The summed E-state index contributed by atoms with van der Waals surface area (Å²) in [4.78, 5) is 2.41. The maximum atomic E-state index is 5.98. The molecule has 0 bridgehead atoms. The minimum Gasteiger partial charge on any atom is -0.307 e. The summed E-state index contributed by atoms with van der Waals surface area (Å²) >= 11 is 5.98. The highest BCUT2D eigenvalue weighted by Crippen LogP contribution is 2.25. The second kappa shape index (κ2) is 6.74. The van der Waals surface area contributed by atoms with Crippen molar-refractivity contribution in [2.75, 3.05) is 20.1 Å². The van der Waals surface area contributed by atoms with Crippen molar-refractivity contribution in [3.05, 3.63) is 34.9 Å². The zero-order chi connectivity index (χ0) is 13.8. The smallest absolute Gasteiger partial charge is 0.0406 e. The lowest BCUT2D eigenvalue weighted by molar-refractivity contribution is 0.214. The van der Waals surface area contributed by atoms with E-state index in [1.165, 1.54) is 31.5 Å². The molecule has 0 spiro atoms. The van der Waals surface area contributed by atoms with Gasteiger partial charge in [-0.2, -0.15) is 0 Å². The van der Waals surface area contributed by atoms with Crippen molar-refractivity contribution in [1.29, 1.82) is 0 Å². The zero-order valence-electron chi connectivity index (χ0n) is 12.2. The maximum absolute atomic E-state index is 5.98. The van der Waals surface area contributed by atoms with Crippen LogP contribution in [0.25, 0.3) is 0 Å². The number of piperidine rings is 1. The van der Waals surface area contributed by atoms with E-state index in [0.717, 1.165) is 5.02 Å². The molecule has 106 valence electrons. The molecule has 0 saturated carbocycles. The molecule has 0 aliphatic carbocycles. The summed E-state index contributed by atoms with van der Waals surface area (Å²) in [5, 5.41) is 4.65. The molecule has 0 radical (unpaired) electrons. The molecule has 0 aromatic heterocycles. The van der Waals surface area contributed by atoms with Crippen molar-refractivity contribution in [1.82, 2.24) is 10.2 Å². The van der Waals surface area contributed by atoms with Gasteiger partial charge in [-0.3, -0.25) is 0 Å². The fraction of sp³-hybridized carbons (Fsp3) is 0.625. The standard InChI is InChI=1S/C16H25ClN2/c1-12(2)16(13-4-6-14(17)7-5-13)18-15-8-10-19(3)11-9-15/h4-7,12,15-16,18H,8-11H2,1-3H3. The first kappa shape index (κ1) is 14.8. The van der Waals surface area contributed by atoms with Gasteiger partial charge in [-0.1, -0.05) is 37.6 Å². The zero-order valence-corrected chi connectivity index (χ0v) is 13.0. The van der Waals surface area contributed by atoms with Crippen molar-refractivity contribution in [2.24, 2.45) is 5.92 Å². The van der Waals surface area contributed by atoms with Gasteiger partial charge in [0.2, 0.25) is 0 Å². The molecule has 1 atom stereocenters. The SMILES string of the molecule is CC(C)C(NC1CCN(C)CC1)c1ccc(Cl)cc1. The van der Waals surface area contributed by atoms with Crippen LogP contribution in [0.2, 0.25) is 5.02 Å². The summed E-state index contributed by atoms with van der Waals surface area (Å²) in [5.41, 5.74) is 1.35.